The summed E-state index contributed by atoms with van der Waals surface area (Å²) in [5.41, 5.74) is 1.95. The third-order valence-electron chi connectivity index (χ3n) is 4.49. The fourth-order valence-corrected chi connectivity index (χ4v) is 2.92. The molecular weight excluding hydrogens is 338 g/mol. The Labute approximate surface area is 150 Å². The molecule has 2 atom stereocenters. The summed E-state index contributed by atoms with van der Waals surface area (Å²) in [6.45, 7) is 4.08. The van der Waals surface area contributed by atoms with Crippen molar-refractivity contribution >= 4 is 23.2 Å². The molecule has 1 aliphatic rings. The van der Waals surface area contributed by atoms with Crippen molar-refractivity contribution in [1.82, 2.24) is 0 Å². The summed E-state index contributed by atoms with van der Waals surface area (Å²) in [5, 5.41) is 5.42. The van der Waals surface area contributed by atoms with Gasteiger partial charge in [-0.25, -0.2) is 8.78 Å². The Morgan fingerprint density at radius 2 is 1.62 bits per heavy atom. The average molecular weight is 358 g/mol. The van der Waals surface area contributed by atoms with Crippen molar-refractivity contribution in [1.29, 1.82) is 0 Å². The highest BCUT2D eigenvalue weighted by Gasteiger charge is 2.48. The van der Waals surface area contributed by atoms with Crippen LogP contribution in [0, 0.1) is 23.5 Å². The molecule has 0 heterocycles. The summed E-state index contributed by atoms with van der Waals surface area (Å²) in [4.78, 5) is 24.6. The molecule has 1 saturated carbocycles. The van der Waals surface area contributed by atoms with E-state index < -0.39 is 23.5 Å². The first-order valence-electron chi connectivity index (χ1n) is 8.52. The minimum Gasteiger partial charge on any atom is -0.326 e. The molecule has 4 nitrogen and oxygen atoms in total. The summed E-state index contributed by atoms with van der Waals surface area (Å²) in [6, 6.07) is 10.7. The van der Waals surface area contributed by atoms with Crippen molar-refractivity contribution in [3.05, 3.63) is 59.7 Å². The maximum Gasteiger partial charge on any atom is 0.228 e. The van der Waals surface area contributed by atoms with Gasteiger partial charge in [0.15, 0.2) is 11.6 Å². The number of carbonyl (C=O) groups excluding carboxylic acids is 2. The molecule has 2 aromatic rings. The molecule has 26 heavy (non-hydrogen) atoms. The molecule has 136 valence electrons. The molecule has 1 aliphatic carbocycles. The number of anilines is 2. The number of hydrogen-bond acceptors (Lipinski definition) is 2. The van der Waals surface area contributed by atoms with Gasteiger partial charge in [0.05, 0.1) is 11.8 Å². The van der Waals surface area contributed by atoms with Crippen molar-refractivity contribution in [2.24, 2.45) is 11.8 Å². The normalized spacial score (nSPS) is 18.5. The maximum atomic E-state index is 13.2. The van der Waals surface area contributed by atoms with Crippen LogP contribution in [0.4, 0.5) is 20.2 Å². The standard InChI is InChI=1S/C20H20F2N2O2/c1-11(2)13-5-3-4-6-18(13)24-20(26)15-10-14(15)19(25)23-12-7-8-16(21)17(22)9-12/h3-9,11,14-15H,10H2,1-2H3,(H,23,25)(H,24,26). The lowest BCUT2D eigenvalue weighted by Crippen LogP contribution is -2.21. The van der Waals surface area contributed by atoms with Gasteiger partial charge in [0.2, 0.25) is 11.8 Å². The average Bonchev–Trinajstić information content (AvgIpc) is 3.39. The maximum absolute atomic E-state index is 13.2. The quantitative estimate of drug-likeness (QED) is 0.837. The summed E-state index contributed by atoms with van der Waals surface area (Å²) in [6.07, 6.45) is 0.436. The number of benzene rings is 2. The second-order valence-corrected chi connectivity index (χ2v) is 6.80. The number of rotatable bonds is 5. The van der Waals surface area contributed by atoms with E-state index in [1.54, 1.807) is 0 Å². The SMILES string of the molecule is CC(C)c1ccccc1NC(=O)C1CC1C(=O)Nc1ccc(F)c(F)c1. The molecular formula is C20H20F2N2O2. The van der Waals surface area contributed by atoms with Crippen LogP contribution in [0.5, 0.6) is 0 Å². The summed E-state index contributed by atoms with van der Waals surface area (Å²) in [7, 11) is 0. The van der Waals surface area contributed by atoms with Crippen LogP contribution < -0.4 is 10.6 Å². The van der Waals surface area contributed by atoms with Crippen LogP contribution in [0.1, 0.15) is 31.7 Å². The van der Waals surface area contributed by atoms with Crippen LogP contribution in [0.25, 0.3) is 0 Å². The van der Waals surface area contributed by atoms with Gasteiger partial charge < -0.3 is 10.6 Å². The van der Waals surface area contributed by atoms with Gasteiger partial charge >= 0.3 is 0 Å². The monoisotopic (exact) mass is 358 g/mol. The molecule has 2 N–H and O–H groups in total. The first-order valence-corrected chi connectivity index (χ1v) is 8.52. The predicted octanol–water partition coefficient (Wildman–Crippen LogP) is 4.30. The Morgan fingerprint density at radius 1 is 0.962 bits per heavy atom. The lowest BCUT2D eigenvalue weighted by molar-refractivity contribution is -0.122. The summed E-state index contributed by atoms with van der Waals surface area (Å²) in [5.74, 6) is -3.20. The van der Waals surface area contributed by atoms with Crippen LogP contribution in [-0.4, -0.2) is 11.8 Å². The fraction of sp³-hybridized carbons (Fsp3) is 0.300. The number of halogens is 2. The van der Waals surface area contributed by atoms with E-state index in [0.717, 1.165) is 23.4 Å². The highest BCUT2D eigenvalue weighted by atomic mass is 19.2. The van der Waals surface area contributed by atoms with E-state index in [9.17, 15) is 18.4 Å². The summed E-state index contributed by atoms with van der Waals surface area (Å²) >= 11 is 0. The third kappa shape index (κ3) is 3.90. The van der Waals surface area contributed by atoms with Crippen molar-refractivity contribution in [2.45, 2.75) is 26.2 Å². The van der Waals surface area contributed by atoms with E-state index in [0.29, 0.717) is 6.42 Å². The van der Waals surface area contributed by atoms with Gasteiger partial charge in [-0.2, -0.15) is 0 Å². The number of para-hydroxylation sites is 1. The second-order valence-electron chi connectivity index (χ2n) is 6.80. The minimum atomic E-state index is -1.03. The Balaban J connectivity index is 1.60. The number of carbonyl (C=O) groups is 2. The van der Waals surface area contributed by atoms with Gasteiger partial charge in [-0.05, 0) is 36.1 Å². The Morgan fingerprint density at radius 3 is 2.27 bits per heavy atom. The molecule has 1 fully saturated rings. The van der Waals surface area contributed by atoms with Crippen LogP contribution in [0.3, 0.4) is 0 Å². The zero-order chi connectivity index (χ0) is 18.8. The van der Waals surface area contributed by atoms with Crippen molar-refractivity contribution in [3.8, 4) is 0 Å². The topological polar surface area (TPSA) is 58.2 Å². The molecule has 0 radical (unpaired) electrons. The minimum absolute atomic E-state index is 0.171. The largest absolute Gasteiger partial charge is 0.326 e. The van der Waals surface area contributed by atoms with E-state index in [2.05, 4.69) is 10.6 Å². The van der Waals surface area contributed by atoms with Crippen molar-refractivity contribution in [2.75, 3.05) is 10.6 Å². The van der Waals surface area contributed by atoms with Gasteiger partial charge in [0, 0.05) is 17.4 Å². The lowest BCUT2D eigenvalue weighted by atomic mass is 10.0. The first kappa shape index (κ1) is 18.0. The molecule has 6 heteroatoms. The van der Waals surface area contributed by atoms with E-state index in [-0.39, 0.29) is 23.4 Å². The molecule has 0 saturated heterocycles. The molecule has 0 spiro atoms. The van der Waals surface area contributed by atoms with E-state index >= 15 is 0 Å². The van der Waals surface area contributed by atoms with Crippen molar-refractivity contribution in [3.63, 3.8) is 0 Å². The number of nitrogens with one attached hydrogen (secondary N) is 2. The Bertz CT molecular complexity index is 851. The molecule has 2 aromatic carbocycles. The highest BCUT2D eigenvalue weighted by Crippen LogP contribution is 2.40. The van der Waals surface area contributed by atoms with E-state index in [1.807, 2.05) is 38.1 Å². The van der Waals surface area contributed by atoms with E-state index in [1.165, 1.54) is 6.07 Å². The lowest BCUT2D eigenvalue weighted by Gasteiger charge is -2.13. The van der Waals surface area contributed by atoms with Crippen LogP contribution >= 0.6 is 0 Å². The molecule has 0 aromatic heterocycles. The zero-order valence-electron chi connectivity index (χ0n) is 14.6. The van der Waals surface area contributed by atoms with Gasteiger partial charge in [0.1, 0.15) is 0 Å². The highest BCUT2D eigenvalue weighted by molar-refractivity contribution is 6.03. The number of amides is 2. The third-order valence-corrected chi connectivity index (χ3v) is 4.49. The van der Waals surface area contributed by atoms with Crippen molar-refractivity contribution < 1.29 is 18.4 Å². The van der Waals surface area contributed by atoms with E-state index in [4.69, 9.17) is 0 Å². The van der Waals surface area contributed by atoms with Crippen LogP contribution in [-0.2, 0) is 9.59 Å². The van der Waals surface area contributed by atoms with Crippen LogP contribution in [0.2, 0.25) is 0 Å². The van der Waals surface area contributed by atoms with Gasteiger partial charge in [-0.15, -0.1) is 0 Å². The smallest absolute Gasteiger partial charge is 0.228 e. The Hall–Kier alpha value is -2.76. The fourth-order valence-electron chi connectivity index (χ4n) is 2.92. The van der Waals surface area contributed by atoms with Gasteiger partial charge in [-0.3, -0.25) is 9.59 Å². The molecule has 2 unspecified atom stereocenters. The first-order chi connectivity index (χ1) is 12.4. The molecule has 0 aliphatic heterocycles. The molecule has 0 bridgehead atoms. The summed E-state index contributed by atoms with van der Waals surface area (Å²) < 4.78 is 26.1. The Kier molecular flexibility index (Phi) is 5.02. The predicted molar refractivity (Wildman–Crippen MR) is 95.7 cm³/mol. The molecule has 3 rings (SSSR count). The second kappa shape index (κ2) is 7.23. The van der Waals surface area contributed by atoms with Gasteiger partial charge in [-0.1, -0.05) is 32.0 Å². The van der Waals surface area contributed by atoms with Crippen LogP contribution in [0.15, 0.2) is 42.5 Å². The zero-order valence-corrected chi connectivity index (χ0v) is 14.6. The molecule has 2 amide bonds. The number of hydrogen-bond donors (Lipinski definition) is 2. The van der Waals surface area contributed by atoms with Gasteiger partial charge in [0.25, 0.3) is 0 Å².